The first-order valence-corrected chi connectivity index (χ1v) is 7.37. The summed E-state index contributed by atoms with van der Waals surface area (Å²) in [5.74, 6) is -0.491. The van der Waals surface area contributed by atoms with Gasteiger partial charge in [-0.2, -0.15) is 0 Å². The fourth-order valence-electron chi connectivity index (χ4n) is 2.09. The number of hydrogen-bond acceptors (Lipinski definition) is 7. The van der Waals surface area contributed by atoms with Gasteiger partial charge < -0.3 is 14.8 Å². The number of nitrogens with one attached hydrogen (secondary N) is 1. The summed E-state index contributed by atoms with van der Waals surface area (Å²) in [7, 11) is 1.35. The van der Waals surface area contributed by atoms with Crippen LogP contribution in [-0.4, -0.2) is 29.0 Å². The van der Waals surface area contributed by atoms with E-state index in [0.29, 0.717) is 0 Å². The molecular weight excluding hydrogens is 346 g/mol. The molecule has 0 fully saturated rings. The maximum atomic E-state index is 12.3. The van der Waals surface area contributed by atoms with Gasteiger partial charge in [0.25, 0.3) is 11.6 Å². The predicted octanol–water partition coefficient (Wildman–Crippen LogP) is 2.92. The minimum absolute atomic E-state index is 0.0637. The van der Waals surface area contributed by atoms with Crippen molar-refractivity contribution in [2.24, 2.45) is 0 Å². The van der Waals surface area contributed by atoms with Gasteiger partial charge in [-0.1, -0.05) is 12.1 Å². The first-order valence-electron chi connectivity index (χ1n) is 7.37. The maximum Gasteiger partial charge on any atom is 0.310 e. The number of carbonyl (C=O) groups excluding carboxylic acids is 1. The highest BCUT2D eigenvalue weighted by Crippen LogP contribution is 2.30. The third kappa shape index (κ3) is 4.23. The summed E-state index contributed by atoms with van der Waals surface area (Å²) in [6.45, 7) is 1.40. The van der Waals surface area contributed by atoms with Crippen LogP contribution in [0.3, 0.4) is 0 Å². The Balaban J connectivity index is 2.19. The molecule has 0 aliphatic heterocycles. The van der Waals surface area contributed by atoms with Gasteiger partial charge >= 0.3 is 5.69 Å². The molecule has 10 heteroatoms. The molecule has 10 nitrogen and oxygen atoms in total. The van der Waals surface area contributed by atoms with E-state index in [0.717, 1.165) is 6.07 Å². The molecule has 0 bridgehead atoms. The summed E-state index contributed by atoms with van der Waals surface area (Å²) in [6.07, 6.45) is -1.10. The van der Waals surface area contributed by atoms with Gasteiger partial charge in [0.15, 0.2) is 11.9 Å². The van der Waals surface area contributed by atoms with E-state index < -0.39 is 21.9 Å². The van der Waals surface area contributed by atoms with Gasteiger partial charge in [0.05, 0.1) is 22.6 Å². The van der Waals surface area contributed by atoms with Crippen LogP contribution in [0, 0.1) is 20.2 Å². The monoisotopic (exact) mass is 361 g/mol. The van der Waals surface area contributed by atoms with E-state index >= 15 is 0 Å². The van der Waals surface area contributed by atoms with Gasteiger partial charge in [0, 0.05) is 18.2 Å². The highest BCUT2D eigenvalue weighted by Gasteiger charge is 2.22. The van der Waals surface area contributed by atoms with Crippen LogP contribution in [0.1, 0.15) is 6.92 Å². The lowest BCUT2D eigenvalue weighted by Crippen LogP contribution is -2.30. The number of benzene rings is 2. The Morgan fingerprint density at radius 1 is 1.08 bits per heavy atom. The molecule has 0 saturated heterocycles. The standard InChI is InChI=1S/C16H15N3O7/c1-10(26-15-6-4-3-5-13(15)19(23)24)16(20)17-12-9-11(18(21)22)7-8-14(12)25-2/h3-10H,1-2H3,(H,17,20). The summed E-state index contributed by atoms with van der Waals surface area (Å²) in [4.78, 5) is 33.0. The van der Waals surface area contributed by atoms with Crippen molar-refractivity contribution in [1.29, 1.82) is 0 Å². The van der Waals surface area contributed by atoms with E-state index in [4.69, 9.17) is 9.47 Å². The molecule has 0 aliphatic rings. The van der Waals surface area contributed by atoms with E-state index in [2.05, 4.69) is 5.32 Å². The smallest absolute Gasteiger partial charge is 0.310 e. The number of non-ortho nitro benzene ring substituents is 1. The van der Waals surface area contributed by atoms with Crippen LogP contribution < -0.4 is 14.8 Å². The number of nitro benzene ring substituents is 2. The van der Waals surface area contributed by atoms with E-state index in [1.165, 1.54) is 50.4 Å². The number of anilines is 1. The van der Waals surface area contributed by atoms with Crippen LogP contribution in [0.5, 0.6) is 11.5 Å². The topological polar surface area (TPSA) is 134 Å². The molecule has 0 saturated carbocycles. The van der Waals surface area contributed by atoms with E-state index in [-0.39, 0.29) is 28.6 Å². The third-order valence-electron chi connectivity index (χ3n) is 3.39. The number of hydrogen-bond donors (Lipinski definition) is 1. The van der Waals surface area contributed by atoms with Gasteiger partial charge in [-0.25, -0.2) is 0 Å². The number of ether oxygens (including phenoxy) is 2. The third-order valence-corrected chi connectivity index (χ3v) is 3.39. The van der Waals surface area contributed by atoms with Gasteiger partial charge in [0.1, 0.15) is 5.75 Å². The van der Waals surface area contributed by atoms with Crippen LogP contribution >= 0.6 is 0 Å². The van der Waals surface area contributed by atoms with Crippen molar-refractivity contribution >= 4 is 23.0 Å². The molecule has 1 amide bonds. The molecule has 2 rings (SSSR count). The summed E-state index contributed by atoms with van der Waals surface area (Å²) in [6, 6.07) is 9.37. The van der Waals surface area contributed by atoms with Gasteiger partial charge in [-0.15, -0.1) is 0 Å². The highest BCUT2D eigenvalue weighted by atomic mass is 16.6. The Hall–Kier alpha value is -3.69. The molecule has 0 spiro atoms. The zero-order valence-electron chi connectivity index (χ0n) is 13.9. The molecule has 2 aromatic carbocycles. The molecular formula is C16H15N3O7. The van der Waals surface area contributed by atoms with Gasteiger partial charge in [-0.3, -0.25) is 25.0 Å². The fraction of sp³-hybridized carbons (Fsp3) is 0.188. The molecule has 2 aromatic rings. The van der Waals surface area contributed by atoms with Gasteiger partial charge in [-0.05, 0) is 19.1 Å². The SMILES string of the molecule is COc1ccc([N+](=O)[O-])cc1NC(=O)C(C)Oc1ccccc1[N+](=O)[O-]. The Morgan fingerprint density at radius 2 is 1.77 bits per heavy atom. The Labute approximate surface area is 147 Å². The molecule has 0 heterocycles. The Kier molecular flexibility index (Phi) is 5.68. The summed E-state index contributed by atoms with van der Waals surface area (Å²) in [5.41, 5.74) is -0.418. The lowest BCUT2D eigenvalue weighted by Gasteiger charge is -2.16. The quantitative estimate of drug-likeness (QED) is 0.592. The lowest BCUT2D eigenvalue weighted by molar-refractivity contribution is -0.386. The van der Waals surface area contributed by atoms with Crippen LogP contribution in [0.25, 0.3) is 0 Å². The van der Waals surface area contributed by atoms with Crippen molar-refractivity contribution in [2.75, 3.05) is 12.4 Å². The molecule has 0 aromatic heterocycles. The van der Waals surface area contributed by atoms with Crippen LogP contribution in [0.4, 0.5) is 17.1 Å². The Bertz CT molecular complexity index is 853. The molecule has 0 radical (unpaired) electrons. The normalized spacial score (nSPS) is 11.3. The van der Waals surface area contributed by atoms with Crippen LogP contribution in [0.2, 0.25) is 0 Å². The minimum atomic E-state index is -1.10. The number of nitro groups is 2. The molecule has 136 valence electrons. The first-order chi connectivity index (χ1) is 12.3. The molecule has 26 heavy (non-hydrogen) atoms. The molecule has 0 aliphatic carbocycles. The fourth-order valence-corrected chi connectivity index (χ4v) is 2.09. The maximum absolute atomic E-state index is 12.3. The van der Waals surface area contributed by atoms with E-state index in [9.17, 15) is 25.0 Å². The number of carbonyl (C=O) groups is 1. The van der Waals surface area contributed by atoms with Crippen molar-refractivity contribution in [3.63, 3.8) is 0 Å². The molecule has 1 unspecified atom stereocenters. The second kappa shape index (κ2) is 7.92. The van der Waals surface area contributed by atoms with Crippen molar-refractivity contribution in [3.05, 3.63) is 62.7 Å². The summed E-state index contributed by atoms with van der Waals surface area (Å²) in [5, 5.41) is 24.3. The minimum Gasteiger partial charge on any atom is -0.495 e. The Morgan fingerprint density at radius 3 is 2.38 bits per heavy atom. The second-order valence-corrected chi connectivity index (χ2v) is 5.12. The number of methoxy groups -OCH3 is 1. The van der Waals surface area contributed by atoms with Crippen molar-refractivity contribution < 1.29 is 24.1 Å². The van der Waals surface area contributed by atoms with E-state index in [1.807, 2.05) is 0 Å². The molecule has 1 atom stereocenters. The van der Waals surface area contributed by atoms with Gasteiger partial charge in [0.2, 0.25) is 0 Å². The summed E-state index contributed by atoms with van der Waals surface area (Å²) >= 11 is 0. The largest absolute Gasteiger partial charge is 0.495 e. The van der Waals surface area contributed by atoms with Crippen molar-refractivity contribution in [3.8, 4) is 11.5 Å². The zero-order chi connectivity index (χ0) is 19.3. The first kappa shape index (κ1) is 18.6. The zero-order valence-corrected chi connectivity index (χ0v) is 13.9. The molecule has 1 N–H and O–H groups in total. The summed E-state index contributed by atoms with van der Waals surface area (Å²) < 4.78 is 10.4. The average Bonchev–Trinajstić information content (AvgIpc) is 2.61. The van der Waals surface area contributed by atoms with Crippen LogP contribution in [-0.2, 0) is 4.79 Å². The lowest BCUT2D eigenvalue weighted by atomic mass is 10.2. The predicted molar refractivity (Wildman–Crippen MR) is 91.5 cm³/mol. The second-order valence-electron chi connectivity index (χ2n) is 5.12. The number of rotatable bonds is 7. The van der Waals surface area contributed by atoms with Crippen molar-refractivity contribution in [1.82, 2.24) is 0 Å². The van der Waals surface area contributed by atoms with Crippen LogP contribution in [0.15, 0.2) is 42.5 Å². The van der Waals surface area contributed by atoms with Crippen molar-refractivity contribution in [2.45, 2.75) is 13.0 Å². The average molecular weight is 361 g/mol. The number of para-hydroxylation sites is 2. The highest BCUT2D eigenvalue weighted by molar-refractivity contribution is 5.95. The number of nitrogens with zero attached hydrogens (tertiary/aromatic N) is 2. The number of amides is 1. The van der Waals surface area contributed by atoms with E-state index in [1.54, 1.807) is 0 Å².